The molecule has 2 saturated heterocycles. The summed E-state index contributed by atoms with van der Waals surface area (Å²) in [5.74, 6) is 0.124. The van der Waals surface area contributed by atoms with Crippen LogP contribution >= 0.6 is 0 Å². The minimum atomic E-state index is -0.386. The summed E-state index contributed by atoms with van der Waals surface area (Å²) in [5.41, 5.74) is 0. The van der Waals surface area contributed by atoms with E-state index in [4.69, 9.17) is 4.74 Å². The van der Waals surface area contributed by atoms with Gasteiger partial charge in [0.05, 0.1) is 18.9 Å². The number of nitrogens with one attached hydrogen (secondary N) is 1. The summed E-state index contributed by atoms with van der Waals surface area (Å²) < 4.78 is 4.82. The number of nitrogens with zero attached hydrogens (tertiary/aromatic N) is 4. The number of hydrogen-bond acceptors (Lipinski definition) is 7. The number of ether oxygens (including phenoxy) is 1. The smallest absolute Gasteiger partial charge is 0.324 e. The van der Waals surface area contributed by atoms with E-state index in [-0.39, 0.29) is 41.7 Å². The Hall–Kier alpha value is -3.17. The third kappa shape index (κ3) is 5.91. The molecule has 3 fully saturated rings. The van der Waals surface area contributed by atoms with Gasteiger partial charge in [-0.2, -0.15) is 0 Å². The number of amides is 4. The van der Waals surface area contributed by atoms with Gasteiger partial charge in [-0.25, -0.2) is 9.78 Å². The van der Waals surface area contributed by atoms with Gasteiger partial charge < -0.3 is 19.9 Å². The molecular weight excluding hydrogens is 450 g/mol. The molecule has 35 heavy (non-hydrogen) atoms. The highest BCUT2D eigenvalue weighted by atomic mass is 16.5. The quantitative estimate of drug-likeness (QED) is 0.441. The average Bonchev–Trinajstić information content (AvgIpc) is 2.89. The molecule has 2 aliphatic heterocycles. The second-order valence-corrected chi connectivity index (χ2v) is 9.55. The van der Waals surface area contributed by atoms with Gasteiger partial charge in [0.1, 0.15) is 5.82 Å². The summed E-state index contributed by atoms with van der Waals surface area (Å²) in [5, 5.41) is 2.91. The van der Waals surface area contributed by atoms with Crippen LogP contribution in [0.25, 0.3) is 0 Å². The largest absolute Gasteiger partial charge is 0.469 e. The molecule has 3 atom stereocenters. The lowest BCUT2D eigenvalue weighted by molar-refractivity contribution is -0.149. The van der Waals surface area contributed by atoms with Crippen LogP contribution in [-0.2, 0) is 19.1 Å². The first kappa shape index (κ1) is 24.9. The minimum absolute atomic E-state index is 0.149. The van der Waals surface area contributed by atoms with Crippen molar-refractivity contribution in [1.29, 1.82) is 0 Å². The van der Waals surface area contributed by atoms with E-state index >= 15 is 0 Å². The number of fused-ring (bicyclic) bond motifs is 1. The molecule has 10 heteroatoms. The van der Waals surface area contributed by atoms with E-state index in [9.17, 15) is 19.2 Å². The average molecular weight is 486 g/mol. The maximum absolute atomic E-state index is 12.9. The minimum Gasteiger partial charge on any atom is -0.469 e. The van der Waals surface area contributed by atoms with Crippen molar-refractivity contribution in [3.8, 4) is 0 Å². The Morgan fingerprint density at radius 3 is 2.60 bits per heavy atom. The molecule has 0 aromatic carbocycles. The number of unbranched alkanes of at least 4 members (excludes halogenated alkanes) is 2. The molecule has 3 unspecified atom stereocenters. The van der Waals surface area contributed by atoms with Crippen LogP contribution in [0, 0.1) is 11.8 Å². The van der Waals surface area contributed by atoms with E-state index in [0.717, 1.165) is 31.7 Å². The number of rotatable bonds is 8. The van der Waals surface area contributed by atoms with Gasteiger partial charge in [-0.05, 0) is 44.2 Å². The molecule has 0 radical (unpaired) electrons. The van der Waals surface area contributed by atoms with Crippen molar-refractivity contribution in [3.63, 3.8) is 0 Å². The standard InChI is InChI=1S/C25H35N5O5/c1-35-24(33)18-9-10-19-20(17-18)27-25(34)30(23(19)32)12-6-2-3-8-22(31)29-15-13-28(14-16-29)21-7-4-5-11-26-21/h4-5,7,11,18-20H,2-3,6,8-10,12-17H2,1H3,(H,27,34). The third-order valence-electron chi connectivity index (χ3n) is 7.40. The van der Waals surface area contributed by atoms with Gasteiger partial charge in [-0.1, -0.05) is 12.5 Å². The Morgan fingerprint density at radius 1 is 1.09 bits per heavy atom. The second kappa shape index (κ2) is 11.5. The number of anilines is 1. The molecule has 3 heterocycles. The van der Waals surface area contributed by atoms with Crippen molar-refractivity contribution in [2.45, 2.75) is 51.0 Å². The molecular formula is C25H35N5O5. The van der Waals surface area contributed by atoms with Gasteiger partial charge in [-0.15, -0.1) is 0 Å². The van der Waals surface area contributed by atoms with Crippen LogP contribution in [-0.4, -0.2) is 84.5 Å². The molecule has 1 N–H and O–H groups in total. The fraction of sp³-hybridized carbons (Fsp3) is 0.640. The summed E-state index contributed by atoms with van der Waals surface area (Å²) in [7, 11) is 1.36. The number of esters is 1. The van der Waals surface area contributed by atoms with E-state index in [1.54, 1.807) is 6.20 Å². The zero-order valence-electron chi connectivity index (χ0n) is 20.4. The highest BCUT2D eigenvalue weighted by Gasteiger charge is 2.45. The van der Waals surface area contributed by atoms with E-state index in [2.05, 4.69) is 15.2 Å². The summed E-state index contributed by atoms with van der Waals surface area (Å²) in [4.78, 5) is 59.6. The first-order valence-electron chi connectivity index (χ1n) is 12.6. The molecule has 4 amide bonds. The normalized spacial score (nSPS) is 24.6. The molecule has 190 valence electrons. The zero-order chi connectivity index (χ0) is 24.8. The topological polar surface area (TPSA) is 112 Å². The third-order valence-corrected chi connectivity index (χ3v) is 7.40. The number of piperazine rings is 1. The van der Waals surface area contributed by atoms with Gasteiger partial charge in [0.2, 0.25) is 11.8 Å². The van der Waals surface area contributed by atoms with Crippen molar-refractivity contribution < 1.29 is 23.9 Å². The van der Waals surface area contributed by atoms with Crippen LogP contribution in [0.15, 0.2) is 24.4 Å². The Morgan fingerprint density at radius 2 is 1.89 bits per heavy atom. The lowest BCUT2D eigenvalue weighted by atomic mass is 9.76. The fourth-order valence-corrected chi connectivity index (χ4v) is 5.36. The number of urea groups is 1. The second-order valence-electron chi connectivity index (χ2n) is 9.55. The number of pyridine rings is 1. The molecule has 0 bridgehead atoms. The predicted octanol–water partition coefficient (Wildman–Crippen LogP) is 1.80. The summed E-state index contributed by atoms with van der Waals surface area (Å²) >= 11 is 0. The van der Waals surface area contributed by atoms with Crippen LogP contribution in [0.5, 0.6) is 0 Å². The van der Waals surface area contributed by atoms with Gasteiger partial charge in [0.15, 0.2) is 0 Å². The number of carbonyl (C=O) groups excluding carboxylic acids is 4. The van der Waals surface area contributed by atoms with E-state index in [0.29, 0.717) is 51.7 Å². The number of carbonyl (C=O) groups is 4. The molecule has 10 nitrogen and oxygen atoms in total. The van der Waals surface area contributed by atoms with Crippen molar-refractivity contribution >= 4 is 29.6 Å². The molecule has 1 saturated carbocycles. The Labute approximate surface area is 206 Å². The molecule has 1 aromatic heterocycles. The van der Waals surface area contributed by atoms with Crippen LogP contribution in [0.4, 0.5) is 10.6 Å². The SMILES string of the molecule is COC(=O)C1CCC2C(=O)N(CCCCCC(=O)N3CCN(c4ccccn4)CC3)C(=O)NC2C1. The number of hydrogen-bond donors (Lipinski definition) is 1. The van der Waals surface area contributed by atoms with Crippen LogP contribution in [0.2, 0.25) is 0 Å². The highest BCUT2D eigenvalue weighted by Crippen LogP contribution is 2.33. The van der Waals surface area contributed by atoms with Crippen molar-refractivity contribution in [3.05, 3.63) is 24.4 Å². The van der Waals surface area contributed by atoms with Gasteiger partial charge >= 0.3 is 12.0 Å². The summed E-state index contributed by atoms with van der Waals surface area (Å²) in [6, 6.07) is 5.15. The fourth-order valence-electron chi connectivity index (χ4n) is 5.36. The van der Waals surface area contributed by atoms with Gasteiger partial charge in [0, 0.05) is 51.4 Å². The van der Waals surface area contributed by atoms with Crippen molar-refractivity contribution in [1.82, 2.24) is 20.1 Å². The van der Waals surface area contributed by atoms with E-state index < -0.39 is 0 Å². The predicted molar refractivity (Wildman–Crippen MR) is 128 cm³/mol. The Balaban J connectivity index is 1.14. The van der Waals surface area contributed by atoms with Gasteiger partial charge in [-0.3, -0.25) is 19.3 Å². The monoisotopic (exact) mass is 485 g/mol. The van der Waals surface area contributed by atoms with Crippen LogP contribution in [0.3, 0.4) is 0 Å². The maximum Gasteiger partial charge on any atom is 0.324 e. The molecule has 1 aromatic rings. The lowest BCUT2D eigenvalue weighted by Gasteiger charge is -2.41. The molecule has 1 aliphatic carbocycles. The van der Waals surface area contributed by atoms with Crippen molar-refractivity contribution in [2.75, 3.05) is 44.7 Å². The molecule has 0 spiro atoms. The molecule has 4 rings (SSSR count). The first-order valence-corrected chi connectivity index (χ1v) is 12.6. The van der Waals surface area contributed by atoms with Gasteiger partial charge in [0.25, 0.3) is 0 Å². The summed E-state index contributed by atoms with van der Waals surface area (Å²) in [6.45, 7) is 3.29. The zero-order valence-corrected chi connectivity index (χ0v) is 20.4. The highest BCUT2D eigenvalue weighted by molar-refractivity contribution is 5.98. The van der Waals surface area contributed by atoms with Crippen LogP contribution < -0.4 is 10.2 Å². The number of methoxy groups -OCH3 is 1. The van der Waals surface area contributed by atoms with E-state index in [1.165, 1.54) is 12.0 Å². The Bertz CT molecular complexity index is 918. The number of imide groups is 1. The first-order chi connectivity index (χ1) is 17.0. The lowest BCUT2D eigenvalue weighted by Crippen LogP contribution is -2.61. The van der Waals surface area contributed by atoms with E-state index in [1.807, 2.05) is 23.1 Å². The number of aromatic nitrogens is 1. The van der Waals surface area contributed by atoms with Crippen molar-refractivity contribution in [2.24, 2.45) is 11.8 Å². The summed E-state index contributed by atoms with van der Waals surface area (Å²) in [6.07, 6.45) is 6.04. The van der Waals surface area contributed by atoms with Crippen LogP contribution in [0.1, 0.15) is 44.9 Å². The Kier molecular flexibility index (Phi) is 8.20. The molecule has 3 aliphatic rings. The maximum atomic E-state index is 12.9.